The highest BCUT2D eigenvalue weighted by molar-refractivity contribution is 5.76. The van der Waals surface area contributed by atoms with Gasteiger partial charge >= 0.3 is 6.03 Å². The topological polar surface area (TPSA) is 32.3 Å². The molecular weight excluding hydrogens is 202 g/mol. The molecule has 1 fully saturated rings. The van der Waals surface area contributed by atoms with Crippen LogP contribution in [0.2, 0.25) is 0 Å². The minimum atomic E-state index is -0.629. The zero-order chi connectivity index (χ0) is 11.0. The summed E-state index contributed by atoms with van der Waals surface area (Å²) in [6.07, 6.45) is 0. The van der Waals surface area contributed by atoms with Crippen LogP contribution >= 0.6 is 0 Å². The lowest BCUT2D eigenvalue weighted by atomic mass is 10.1. The van der Waals surface area contributed by atoms with E-state index in [1.165, 1.54) is 17.0 Å². The molecule has 80 valence electrons. The molecule has 3 nitrogen and oxygen atoms in total. The normalized spacial score (nSPS) is 20.6. The average molecular weight is 212 g/mol. The molecule has 0 aromatic heterocycles. The van der Waals surface area contributed by atoms with Crippen molar-refractivity contribution >= 4 is 6.03 Å². The van der Waals surface area contributed by atoms with Crippen molar-refractivity contribution in [2.45, 2.75) is 6.04 Å². The van der Waals surface area contributed by atoms with Crippen molar-refractivity contribution in [2.24, 2.45) is 0 Å². The van der Waals surface area contributed by atoms with Crippen molar-refractivity contribution in [1.82, 2.24) is 10.2 Å². The molecule has 1 aliphatic rings. The van der Waals surface area contributed by atoms with Crippen LogP contribution < -0.4 is 5.32 Å². The molecule has 1 atom stereocenters. The van der Waals surface area contributed by atoms with Gasteiger partial charge in [-0.3, -0.25) is 0 Å². The fourth-order valence-electron chi connectivity index (χ4n) is 1.62. The Morgan fingerprint density at radius 2 is 2.20 bits per heavy atom. The van der Waals surface area contributed by atoms with Gasteiger partial charge < -0.3 is 10.2 Å². The molecule has 1 N–H and O–H groups in total. The van der Waals surface area contributed by atoms with Crippen LogP contribution in [0, 0.1) is 11.6 Å². The molecule has 0 bridgehead atoms. The van der Waals surface area contributed by atoms with Gasteiger partial charge in [-0.25, -0.2) is 13.6 Å². The second-order valence-electron chi connectivity index (χ2n) is 3.55. The molecule has 1 saturated heterocycles. The van der Waals surface area contributed by atoms with E-state index in [1.54, 1.807) is 7.05 Å². The number of nitrogens with one attached hydrogen (secondary N) is 1. The highest BCUT2D eigenvalue weighted by Gasteiger charge is 2.28. The lowest BCUT2D eigenvalue weighted by Gasteiger charge is -2.10. The second kappa shape index (κ2) is 3.49. The number of hydrogen-bond acceptors (Lipinski definition) is 1. The van der Waals surface area contributed by atoms with Crippen LogP contribution in [0.15, 0.2) is 18.2 Å². The number of halogens is 2. The molecule has 1 unspecified atom stereocenters. The summed E-state index contributed by atoms with van der Waals surface area (Å²) in [6, 6.07) is 2.71. The van der Waals surface area contributed by atoms with Crippen molar-refractivity contribution in [3.8, 4) is 0 Å². The van der Waals surface area contributed by atoms with Crippen LogP contribution in [0.5, 0.6) is 0 Å². The summed E-state index contributed by atoms with van der Waals surface area (Å²) in [7, 11) is 1.62. The fraction of sp³-hybridized carbons (Fsp3) is 0.300. The number of hydrogen-bond donors (Lipinski definition) is 1. The summed E-state index contributed by atoms with van der Waals surface area (Å²) in [6.45, 7) is 0.390. The van der Waals surface area contributed by atoms with Gasteiger partial charge in [0.25, 0.3) is 0 Å². The highest BCUT2D eigenvalue weighted by atomic mass is 19.1. The minimum Gasteiger partial charge on any atom is -0.329 e. The molecule has 2 amide bonds. The van der Waals surface area contributed by atoms with E-state index in [0.29, 0.717) is 12.1 Å². The zero-order valence-corrected chi connectivity index (χ0v) is 8.13. The Morgan fingerprint density at radius 1 is 1.47 bits per heavy atom. The molecule has 1 aromatic rings. The lowest BCUT2D eigenvalue weighted by Crippen LogP contribution is -2.24. The third-order valence-electron chi connectivity index (χ3n) is 2.44. The van der Waals surface area contributed by atoms with Crippen LogP contribution in [-0.2, 0) is 0 Å². The Hall–Kier alpha value is -1.65. The van der Waals surface area contributed by atoms with E-state index in [9.17, 15) is 13.6 Å². The summed E-state index contributed by atoms with van der Waals surface area (Å²) in [5.74, 6) is -1.25. The van der Waals surface area contributed by atoms with Gasteiger partial charge in [-0.15, -0.1) is 0 Å². The summed E-state index contributed by atoms with van der Waals surface area (Å²) in [5, 5.41) is 2.60. The van der Waals surface area contributed by atoms with Crippen molar-refractivity contribution < 1.29 is 13.6 Å². The predicted molar refractivity (Wildman–Crippen MR) is 50.3 cm³/mol. The molecular formula is C10H10F2N2O. The summed E-state index contributed by atoms with van der Waals surface area (Å²) >= 11 is 0. The number of carbonyl (C=O) groups is 1. The van der Waals surface area contributed by atoms with E-state index in [4.69, 9.17) is 0 Å². The minimum absolute atomic E-state index is 0.247. The summed E-state index contributed by atoms with van der Waals surface area (Å²) < 4.78 is 26.0. The molecule has 1 aromatic carbocycles. The zero-order valence-electron chi connectivity index (χ0n) is 8.13. The first-order valence-electron chi connectivity index (χ1n) is 4.54. The van der Waals surface area contributed by atoms with Crippen LogP contribution in [0.25, 0.3) is 0 Å². The summed E-state index contributed by atoms with van der Waals surface area (Å²) in [5.41, 5.74) is 0.314. The fourth-order valence-corrected chi connectivity index (χ4v) is 1.62. The van der Waals surface area contributed by atoms with E-state index < -0.39 is 17.7 Å². The monoisotopic (exact) mass is 212 g/mol. The molecule has 2 rings (SSSR count). The van der Waals surface area contributed by atoms with E-state index in [0.717, 1.165) is 6.07 Å². The lowest BCUT2D eigenvalue weighted by molar-refractivity contribution is 0.226. The Kier molecular flexibility index (Phi) is 2.30. The number of nitrogens with zero attached hydrogens (tertiary/aromatic N) is 1. The molecule has 5 heteroatoms. The van der Waals surface area contributed by atoms with Gasteiger partial charge in [0, 0.05) is 25.2 Å². The van der Waals surface area contributed by atoms with Crippen molar-refractivity contribution in [3.63, 3.8) is 0 Å². The molecule has 0 saturated carbocycles. The second-order valence-corrected chi connectivity index (χ2v) is 3.55. The third kappa shape index (κ3) is 1.77. The Labute approximate surface area is 85.7 Å². The number of carbonyl (C=O) groups excluding carboxylic acids is 1. The smallest absolute Gasteiger partial charge is 0.317 e. The Bertz CT molecular complexity index is 408. The van der Waals surface area contributed by atoms with Gasteiger partial charge in [-0.1, -0.05) is 6.07 Å². The van der Waals surface area contributed by atoms with E-state index in [2.05, 4.69) is 5.32 Å². The molecule has 1 aliphatic heterocycles. The van der Waals surface area contributed by atoms with Gasteiger partial charge in [0.05, 0.1) is 6.04 Å². The first kappa shape index (κ1) is 9.89. The van der Waals surface area contributed by atoms with Gasteiger partial charge in [0.1, 0.15) is 11.6 Å². The maximum Gasteiger partial charge on any atom is 0.317 e. The predicted octanol–water partition coefficient (Wildman–Crippen LogP) is 1.66. The SMILES string of the molecule is CN1CC(c2ccc(F)cc2F)NC1=O. The molecule has 0 radical (unpaired) electrons. The molecule has 0 aliphatic carbocycles. The van der Waals surface area contributed by atoms with Crippen molar-refractivity contribution in [3.05, 3.63) is 35.4 Å². The van der Waals surface area contributed by atoms with Crippen LogP contribution in [-0.4, -0.2) is 24.5 Å². The van der Waals surface area contributed by atoms with Crippen molar-refractivity contribution in [2.75, 3.05) is 13.6 Å². The first-order chi connectivity index (χ1) is 7.08. The number of amides is 2. The average Bonchev–Trinajstić information content (AvgIpc) is 2.46. The number of likely N-dealkylation sites (N-methyl/N-ethyl adjacent to an activating group) is 1. The number of benzene rings is 1. The van der Waals surface area contributed by atoms with Gasteiger partial charge in [0.15, 0.2) is 0 Å². The van der Waals surface area contributed by atoms with Crippen molar-refractivity contribution in [1.29, 1.82) is 0 Å². The van der Waals surface area contributed by atoms with Crippen LogP contribution in [0.4, 0.5) is 13.6 Å². The van der Waals surface area contributed by atoms with E-state index in [-0.39, 0.29) is 6.03 Å². The highest BCUT2D eigenvalue weighted by Crippen LogP contribution is 2.22. The number of rotatable bonds is 1. The van der Waals surface area contributed by atoms with Gasteiger partial charge in [-0.2, -0.15) is 0 Å². The molecule has 15 heavy (non-hydrogen) atoms. The van der Waals surface area contributed by atoms with Gasteiger partial charge in [-0.05, 0) is 6.07 Å². The van der Waals surface area contributed by atoms with Crippen LogP contribution in [0.3, 0.4) is 0 Å². The maximum absolute atomic E-state index is 13.3. The third-order valence-corrected chi connectivity index (χ3v) is 2.44. The maximum atomic E-state index is 13.3. The molecule has 1 heterocycles. The Balaban J connectivity index is 2.27. The molecule has 0 spiro atoms. The van der Waals surface area contributed by atoms with E-state index >= 15 is 0 Å². The number of urea groups is 1. The van der Waals surface area contributed by atoms with Gasteiger partial charge in [0.2, 0.25) is 0 Å². The van der Waals surface area contributed by atoms with Crippen LogP contribution in [0.1, 0.15) is 11.6 Å². The summed E-state index contributed by atoms with van der Waals surface area (Å²) in [4.78, 5) is 12.6. The first-order valence-corrected chi connectivity index (χ1v) is 4.54. The largest absolute Gasteiger partial charge is 0.329 e. The van der Waals surface area contributed by atoms with E-state index in [1.807, 2.05) is 0 Å². The Morgan fingerprint density at radius 3 is 2.73 bits per heavy atom. The quantitative estimate of drug-likeness (QED) is 0.754. The standard InChI is InChI=1S/C10H10F2N2O/c1-14-5-9(13-10(14)15)7-3-2-6(11)4-8(7)12/h2-4,9H,5H2,1H3,(H,13,15).